The van der Waals surface area contributed by atoms with Crippen LogP contribution in [0.4, 0.5) is 11.5 Å². The summed E-state index contributed by atoms with van der Waals surface area (Å²) >= 11 is 0. The highest BCUT2D eigenvalue weighted by atomic mass is 16.6. The third-order valence-electron chi connectivity index (χ3n) is 10.4. The predicted molar refractivity (Wildman–Crippen MR) is 190 cm³/mol. The minimum Gasteiger partial charge on any atom is -0.387 e. The maximum Gasteiger partial charge on any atom is 0.229 e. The SMILES string of the molecule is CC(C)(C)C(=O)Nc1ccc2nc(CN3CCC(N(CCN4CCC(=O)CC4)C[C@H]4O[C@@H](n5cnc6c(N)ncnc65)[C@H](O)[C@@H]4O)CC3)[nH]c2c1. The summed E-state index contributed by atoms with van der Waals surface area (Å²) in [7, 11) is 0. The van der Waals surface area contributed by atoms with Gasteiger partial charge in [0.15, 0.2) is 17.7 Å². The molecule has 0 bridgehead atoms. The molecule has 7 rings (SSSR count). The van der Waals surface area contributed by atoms with Crippen LogP contribution in [0.15, 0.2) is 30.9 Å². The number of aliphatic hydroxyl groups excluding tert-OH is 2. The van der Waals surface area contributed by atoms with E-state index in [1.807, 2.05) is 39.0 Å². The second-order valence-electron chi connectivity index (χ2n) is 15.1. The quantitative estimate of drug-likeness (QED) is 0.159. The second-order valence-corrected chi connectivity index (χ2v) is 15.1. The van der Waals surface area contributed by atoms with Crippen molar-refractivity contribution >= 4 is 45.4 Å². The zero-order valence-electron chi connectivity index (χ0n) is 29.5. The molecule has 6 N–H and O–H groups in total. The van der Waals surface area contributed by atoms with Gasteiger partial charge in [0.2, 0.25) is 5.91 Å². The first-order chi connectivity index (χ1) is 24.4. The number of fused-ring (bicyclic) bond motifs is 2. The summed E-state index contributed by atoms with van der Waals surface area (Å²) in [6.07, 6.45) is 2.02. The molecule has 0 saturated carbocycles. The van der Waals surface area contributed by atoms with Crippen LogP contribution in [0.3, 0.4) is 0 Å². The van der Waals surface area contributed by atoms with Crippen LogP contribution >= 0.6 is 0 Å². The summed E-state index contributed by atoms with van der Waals surface area (Å²) in [6, 6.07) is 5.98. The number of ketones is 1. The van der Waals surface area contributed by atoms with Crippen LogP contribution in [0, 0.1) is 5.41 Å². The number of ether oxygens (including phenoxy) is 1. The van der Waals surface area contributed by atoms with Crippen molar-refractivity contribution in [2.45, 2.75) is 83.6 Å². The Kier molecular flexibility index (Phi) is 10.1. The molecule has 16 heteroatoms. The molecule has 4 aromatic rings. The fourth-order valence-electron chi connectivity index (χ4n) is 7.30. The first kappa shape index (κ1) is 35.3. The van der Waals surface area contributed by atoms with Gasteiger partial charge in [0, 0.05) is 75.8 Å². The fraction of sp³-hybridized carbons (Fsp3) is 0.600. The van der Waals surface area contributed by atoms with Gasteiger partial charge in [-0.05, 0) is 31.0 Å². The second kappa shape index (κ2) is 14.5. The van der Waals surface area contributed by atoms with Gasteiger partial charge >= 0.3 is 0 Å². The monoisotopic (exact) mass is 703 g/mol. The van der Waals surface area contributed by atoms with Crippen LogP contribution in [0.1, 0.15) is 58.5 Å². The molecule has 1 aromatic carbocycles. The number of amides is 1. The number of H-pyrrole nitrogens is 1. The van der Waals surface area contributed by atoms with E-state index in [0.717, 1.165) is 74.7 Å². The summed E-state index contributed by atoms with van der Waals surface area (Å²) in [5.41, 5.74) is 8.81. The number of aliphatic hydroxyl groups is 2. The molecule has 4 atom stereocenters. The molecule has 16 nitrogen and oxygen atoms in total. The number of carbonyl (C=O) groups is 2. The van der Waals surface area contributed by atoms with Gasteiger partial charge in [-0.3, -0.25) is 24.0 Å². The first-order valence-corrected chi connectivity index (χ1v) is 17.9. The number of nitrogen functional groups attached to an aromatic ring is 1. The molecule has 51 heavy (non-hydrogen) atoms. The molecule has 0 radical (unpaired) electrons. The van der Waals surface area contributed by atoms with Crippen LogP contribution in [-0.4, -0.2) is 136 Å². The standard InChI is InChI=1S/C35H49N11O5/c1-35(2,3)34(50)40-21-4-5-24-25(16-21)42-27(41-24)18-44-10-6-22(7-11-44)45(15-14-43-12-8-23(47)9-13-43)17-26-29(48)30(49)33(51-26)46-20-39-28-31(36)37-19-38-32(28)46/h4-5,16,19-20,22,26,29-30,33,48-49H,6-15,17-18H2,1-3H3,(H,40,50)(H,41,42)(H2,36,37,38)/t26-,29-,30-,33-/m1/s1. The van der Waals surface area contributed by atoms with Crippen molar-refractivity contribution in [2.24, 2.45) is 5.41 Å². The van der Waals surface area contributed by atoms with E-state index in [-0.39, 0.29) is 17.8 Å². The molecule has 274 valence electrons. The minimum atomic E-state index is -1.19. The lowest BCUT2D eigenvalue weighted by Crippen LogP contribution is -2.51. The first-order valence-electron chi connectivity index (χ1n) is 17.9. The largest absolute Gasteiger partial charge is 0.387 e. The summed E-state index contributed by atoms with van der Waals surface area (Å²) in [5, 5.41) is 25.4. The summed E-state index contributed by atoms with van der Waals surface area (Å²) in [4.78, 5) is 52.3. The summed E-state index contributed by atoms with van der Waals surface area (Å²) < 4.78 is 7.96. The normalized spacial score (nSPS) is 24.3. The number of nitrogens with two attached hydrogens (primary N) is 1. The van der Waals surface area contributed by atoms with Crippen LogP contribution in [0.2, 0.25) is 0 Å². The smallest absolute Gasteiger partial charge is 0.229 e. The number of hydrogen-bond acceptors (Lipinski definition) is 13. The maximum atomic E-state index is 12.5. The molecule has 3 aliphatic heterocycles. The molecular formula is C35H49N11O5. The van der Waals surface area contributed by atoms with Crippen LogP contribution in [0.25, 0.3) is 22.2 Å². The van der Waals surface area contributed by atoms with Crippen molar-refractivity contribution < 1.29 is 24.5 Å². The molecule has 0 spiro atoms. The molecule has 0 unspecified atom stereocenters. The van der Waals surface area contributed by atoms with Crippen molar-refractivity contribution in [1.82, 2.24) is 44.2 Å². The summed E-state index contributed by atoms with van der Waals surface area (Å²) in [5.74, 6) is 1.38. The van der Waals surface area contributed by atoms with E-state index in [1.165, 1.54) is 12.7 Å². The lowest BCUT2D eigenvalue weighted by Gasteiger charge is -2.40. The minimum absolute atomic E-state index is 0.0398. The highest BCUT2D eigenvalue weighted by Crippen LogP contribution is 2.33. The number of rotatable bonds is 10. The summed E-state index contributed by atoms with van der Waals surface area (Å²) in [6.45, 7) is 11.6. The van der Waals surface area contributed by atoms with Gasteiger partial charge in [0.1, 0.15) is 41.8 Å². The van der Waals surface area contributed by atoms with Crippen LogP contribution in [0.5, 0.6) is 0 Å². The van der Waals surface area contributed by atoms with Gasteiger partial charge in [-0.2, -0.15) is 0 Å². The number of carbonyl (C=O) groups excluding carboxylic acids is 2. The Morgan fingerprint density at radius 3 is 2.59 bits per heavy atom. The van der Waals surface area contributed by atoms with Gasteiger partial charge in [-0.25, -0.2) is 19.9 Å². The molecular weight excluding hydrogens is 654 g/mol. The number of nitrogens with zero attached hydrogens (tertiary/aromatic N) is 8. The molecule has 0 aliphatic carbocycles. The Morgan fingerprint density at radius 2 is 1.84 bits per heavy atom. The molecule has 3 aromatic heterocycles. The maximum absolute atomic E-state index is 12.5. The van der Waals surface area contributed by atoms with Gasteiger partial charge in [0.25, 0.3) is 0 Å². The number of anilines is 2. The van der Waals surface area contributed by atoms with E-state index in [2.05, 4.69) is 40.0 Å². The zero-order chi connectivity index (χ0) is 35.9. The van der Waals surface area contributed by atoms with E-state index >= 15 is 0 Å². The molecule has 3 saturated heterocycles. The van der Waals surface area contributed by atoms with Crippen LogP contribution in [-0.2, 0) is 20.9 Å². The molecule has 6 heterocycles. The van der Waals surface area contributed by atoms with E-state index < -0.39 is 30.0 Å². The Bertz CT molecular complexity index is 1850. The predicted octanol–water partition coefficient (Wildman–Crippen LogP) is 1.52. The van der Waals surface area contributed by atoms with Crippen molar-refractivity contribution in [2.75, 3.05) is 56.9 Å². The average molecular weight is 704 g/mol. The third kappa shape index (κ3) is 7.76. The number of aromatic nitrogens is 6. The molecule has 3 aliphatic rings. The Morgan fingerprint density at radius 1 is 1.08 bits per heavy atom. The van der Waals surface area contributed by atoms with Crippen molar-refractivity contribution in [3.8, 4) is 0 Å². The van der Waals surface area contributed by atoms with E-state index in [1.54, 1.807) is 4.57 Å². The van der Waals surface area contributed by atoms with Crippen LogP contribution < -0.4 is 11.1 Å². The van der Waals surface area contributed by atoms with Gasteiger partial charge in [0.05, 0.1) is 23.9 Å². The fourth-order valence-corrected chi connectivity index (χ4v) is 7.30. The lowest BCUT2D eigenvalue weighted by atomic mass is 9.95. The van der Waals surface area contributed by atoms with Crippen molar-refractivity contribution in [3.63, 3.8) is 0 Å². The highest BCUT2D eigenvalue weighted by molar-refractivity contribution is 5.96. The van der Waals surface area contributed by atoms with E-state index in [4.69, 9.17) is 15.5 Å². The van der Waals surface area contributed by atoms with E-state index in [0.29, 0.717) is 42.9 Å². The van der Waals surface area contributed by atoms with Crippen molar-refractivity contribution in [1.29, 1.82) is 0 Å². The molecule has 3 fully saturated rings. The van der Waals surface area contributed by atoms with Crippen molar-refractivity contribution in [3.05, 3.63) is 36.7 Å². The number of hydrogen-bond donors (Lipinski definition) is 5. The number of benzene rings is 1. The lowest BCUT2D eigenvalue weighted by molar-refractivity contribution is -0.123. The van der Waals surface area contributed by atoms with Gasteiger partial charge in [-0.15, -0.1) is 0 Å². The number of piperidine rings is 2. The number of likely N-dealkylation sites (tertiary alicyclic amines) is 2. The Labute approximate surface area is 296 Å². The number of Topliss-reactive ketones (excluding diaryl/α,β-unsaturated/α-hetero) is 1. The number of nitrogens with one attached hydrogen (secondary N) is 2. The molecule has 1 amide bonds. The highest BCUT2D eigenvalue weighted by Gasteiger charge is 2.45. The Balaban J connectivity index is 1.00. The average Bonchev–Trinajstić information content (AvgIpc) is 3.79. The third-order valence-corrected chi connectivity index (χ3v) is 10.4. The van der Waals surface area contributed by atoms with Gasteiger partial charge in [-0.1, -0.05) is 20.8 Å². The zero-order valence-corrected chi connectivity index (χ0v) is 29.5. The van der Waals surface area contributed by atoms with Gasteiger partial charge < -0.3 is 35.9 Å². The topological polar surface area (TPSA) is 204 Å². The van der Waals surface area contributed by atoms with E-state index in [9.17, 15) is 19.8 Å². The Hall–Kier alpha value is -4.06. The number of imidazole rings is 2. The number of aromatic amines is 1.